The van der Waals surface area contributed by atoms with Crippen molar-refractivity contribution in [2.75, 3.05) is 13.7 Å². The lowest BCUT2D eigenvalue weighted by Crippen LogP contribution is -3.00. The maximum atomic E-state index is 12.9. The standard InChI is InChI=1S/C17H18F3NO.ClH/c1-22-16-9-5-3-6-13(16)10-11-21-12-14-7-2-4-8-15(14)17(18,19)20;/h2-9,21H,10-12H2,1H3;1H/p-1. The number of nitrogens with one attached hydrogen (secondary N) is 1. The van der Waals surface area contributed by atoms with E-state index in [2.05, 4.69) is 5.32 Å². The summed E-state index contributed by atoms with van der Waals surface area (Å²) in [6.45, 7) is 0.761. The van der Waals surface area contributed by atoms with Crippen LogP contribution in [0.15, 0.2) is 48.5 Å². The van der Waals surface area contributed by atoms with Crippen molar-refractivity contribution in [2.24, 2.45) is 0 Å². The van der Waals surface area contributed by atoms with Crippen LogP contribution < -0.4 is 22.5 Å². The van der Waals surface area contributed by atoms with Crippen LogP contribution in [0.4, 0.5) is 13.2 Å². The van der Waals surface area contributed by atoms with Crippen LogP contribution in [0, 0.1) is 0 Å². The molecular weight excluding hydrogens is 327 g/mol. The highest BCUT2D eigenvalue weighted by Gasteiger charge is 2.32. The van der Waals surface area contributed by atoms with Crippen molar-refractivity contribution >= 4 is 0 Å². The molecule has 2 rings (SSSR count). The van der Waals surface area contributed by atoms with Gasteiger partial charge in [0.25, 0.3) is 0 Å². The van der Waals surface area contributed by atoms with Crippen LogP contribution in [0.5, 0.6) is 5.75 Å². The molecule has 0 aliphatic heterocycles. The molecule has 2 nitrogen and oxygen atoms in total. The van der Waals surface area contributed by atoms with Gasteiger partial charge in [0, 0.05) is 6.54 Å². The molecule has 0 saturated heterocycles. The number of benzene rings is 2. The minimum Gasteiger partial charge on any atom is -1.00 e. The number of hydrogen-bond donors (Lipinski definition) is 1. The SMILES string of the molecule is COc1ccccc1CCNCc1ccccc1C(F)(F)F.[Cl-]. The van der Waals surface area contributed by atoms with Gasteiger partial charge in [0.1, 0.15) is 5.75 Å². The van der Waals surface area contributed by atoms with Gasteiger partial charge in [-0.2, -0.15) is 13.2 Å². The summed E-state index contributed by atoms with van der Waals surface area (Å²) in [6, 6.07) is 13.2. The molecule has 0 atom stereocenters. The highest BCUT2D eigenvalue weighted by atomic mass is 35.5. The Kier molecular flexibility index (Phi) is 7.39. The second-order valence-electron chi connectivity index (χ2n) is 4.89. The second-order valence-corrected chi connectivity index (χ2v) is 4.89. The van der Waals surface area contributed by atoms with E-state index in [0.717, 1.165) is 17.4 Å². The van der Waals surface area contributed by atoms with Crippen molar-refractivity contribution in [2.45, 2.75) is 19.1 Å². The summed E-state index contributed by atoms with van der Waals surface area (Å²) >= 11 is 0. The summed E-state index contributed by atoms with van der Waals surface area (Å²) in [6.07, 6.45) is -3.63. The molecule has 0 amide bonds. The molecule has 1 N–H and O–H groups in total. The van der Waals surface area contributed by atoms with Gasteiger partial charge in [-0.3, -0.25) is 0 Å². The van der Waals surface area contributed by atoms with Gasteiger partial charge in [-0.15, -0.1) is 0 Å². The van der Waals surface area contributed by atoms with Crippen LogP contribution in [0.25, 0.3) is 0 Å². The molecule has 0 fully saturated rings. The Hall–Kier alpha value is -1.72. The minimum absolute atomic E-state index is 0. The van der Waals surface area contributed by atoms with Crippen LogP contribution in [-0.4, -0.2) is 13.7 Å². The first kappa shape index (κ1) is 19.3. The zero-order valence-corrected chi connectivity index (χ0v) is 13.4. The number of methoxy groups -OCH3 is 1. The second kappa shape index (κ2) is 8.79. The Bertz CT molecular complexity index is 617. The predicted molar refractivity (Wildman–Crippen MR) is 79.8 cm³/mol. The Balaban J connectivity index is 0.00000264. The lowest BCUT2D eigenvalue weighted by molar-refractivity contribution is -0.138. The quantitative estimate of drug-likeness (QED) is 0.791. The molecule has 0 aromatic heterocycles. The number of halogens is 4. The number of ether oxygens (including phenoxy) is 1. The van der Waals surface area contributed by atoms with Gasteiger partial charge >= 0.3 is 6.18 Å². The Morgan fingerprint density at radius 2 is 1.57 bits per heavy atom. The Labute approximate surface area is 140 Å². The normalized spacial score (nSPS) is 11.0. The van der Waals surface area contributed by atoms with Crippen LogP contribution in [0.2, 0.25) is 0 Å². The third kappa shape index (κ3) is 5.44. The number of hydrogen-bond acceptors (Lipinski definition) is 2. The third-order valence-electron chi connectivity index (χ3n) is 3.40. The van der Waals surface area contributed by atoms with Crippen molar-refractivity contribution in [1.82, 2.24) is 5.32 Å². The van der Waals surface area contributed by atoms with Gasteiger partial charge in [0.15, 0.2) is 0 Å². The third-order valence-corrected chi connectivity index (χ3v) is 3.40. The van der Waals surface area contributed by atoms with Gasteiger partial charge in [0.05, 0.1) is 12.7 Å². The van der Waals surface area contributed by atoms with Gasteiger partial charge in [0.2, 0.25) is 0 Å². The lowest BCUT2D eigenvalue weighted by Gasteiger charge is -2.13. The first-order chi connectivity index (χ1) is 10.5. The number of rotatable bonds is 6. The van der Waals surface area contributed by atoms with E-state index in [1.54, 1.807) is 13.2 Å². The number of para-hydroxylation sites is 1. The monoisotopic (exact) mass is 344 g/mol. The van der Waals surface area contributed by atoms with Gasteiger partial charge in [-0.25, -0.2) is 0 Å². The van der Waals surface area contributed by atoms with E-state index in [1.165, 1.54) is 12.1 Å². The smallest absolute Gasteiger partial charge is 0.416 e. The average molecular weight is 345 g/mol. The zero-order valence-electron chi connectivity index (χ0n) is 12.7. The van der Waals surface area contributed by atoms with Crippen LogP contribution in [0.1, 0.15) is 16.7 Å². The molecule has 0 aliphatic rings. The highest BCUT2D eigenvalue weighted by Crippen LogP contribution is 2.31. The molecule has 0 heterocycles. The largest absolute Gasteiger partial charge is 1.00 e. The summed E-state index contributed by atoms with van der Waals surface area (Å²) in [7, 11) is 1.60. The molecule has 0 aliphatic carbocycles. The van der Waals surface area contributed by atoms with Crippen molar-refractivity contribution in [3.05, 3.63) is 65.2 Å². The lowest BCUT2D eigenvalue weighted by atomic mass is 10.1. The molecule has 6 heteroatoms. The minimum atomic E-state index is -4.32. The van der Waals surface area contributed by atoms with E-state index < -0.39 is 11.7 Å². The van der Waals surface area contributed by atoms with E-state index in [4.69, 9.17) is 4.74 Å². The summed E-state index contributed by atoms with van der Waals surface area (Å²) in [5, 5.41) is 3.06. The molecule has 0 radical (unpaired) electrons. The molecule has 0 saturated carbocycles. The molecular formula is C17H18ClF3NO-. The molecule has 0 bridgehead atoms. The topological polar surface area (TPSA) is 21.3 Å². The molecule has 2 aromatic carbocycles. The highest BCUT2D eigenvalue weighted by molar-refractivity contribution is 5.33. The van der Waals surface area contributed by atoms with E-state index in [0.29, 0.717) is 13.0 Å². The van der Waals surface area contributed by atoms with E-state index in [9.17, 15) is 13.2 Å². The van der Waals surface area contributed by atoms with Crippen LogP contribution in [-0.2, 0) is 19.1 Å². The molecule has 126 valence electrons. The Morgan fingerprint density at radius 3 is 2.22 bits per heavy atom. The molecule has 0 unspecified atom stereocenters. The molecule has 0 spiro atoms. The average Bonchev–Trinajstić information content (AvgIpc) is 2.51. The fraction of sp³-hybridized carbons (Fsp3) is 0.294. The summed E-state index contributed by atoms with van der Waals surface area (Å²) in [5.41, 5.74) is 0.705. The van der Waals surface area contributed by atoms with Gasteiger partial charge < -0.3 is 22.5 Å². The first-order valence-electron chi connectivity index (χ1n) is 7.00. The zero-order chi connectivity index (χ0) is 16.0. The van der Waals surface area contributed by atoms with Gasteiger partial charge in [-0.1, -0.05) is 36.4 Å². The maximum absolute atomic E-state index is 12.9. The van der Waals surface area contributed by atoms with Crippen molar-refractivity contribution in [3.8, 4) is 5.75 Å². The maximum Gasteiger partial charge on any atom is 0.416 e. The molecule has 23 heavy (non-hydrogen) atoms. The fourth-order valence-corrected chi connectivity index (χ4v) is 2.31. The number of alkyl halides is 3. The van der Waals surface area contributed by atoms with Crippen LogP contribution >= 0.6 is 0 Å². The fourth-order valence-electron chi connectivity index (χ4n) is 2.31. The predicted octanol–water partition coefficient (Wildman–Crippen LogP) is 1.05. The summed E-state index contributed by atoms with van der Waals surface area (Å²) in [5.74, 6) is 0.792. The van der Waals surface area contributed by atoms with Crippen LogP contribution in [0.3, 0.4) is 0 Å². The van der Waals surface area contributed by atoms with E-state index in [1.807, 2.05) is 24.3 Å². The van der Waals surface area contributed by atoms with Crippen molar-refractivity contribution < 1.29 is 30.3 Å². The molecule has 2 aromatic rings. The van der Waals surface area contributed by atoms with E-state index >= 15 is 0 Å². The Morgan fingerprint density at radius 1 is 0.957 bits per heavy atom. The van der Waals surface area contributed by atoms with Crippen molar-refractivity contribution in [1.29, 1.82) is 0 Å². The van der Waals surface area contributed by atoms with E-state index in [-0.39, 0.29) is 24.5 Å². The van der Waals surface area contributed by atoms with Gasteiger partial charge in [-0.05, 0) is 36.2 Å². The van der Waals surface area contributed by atoms with Crippen molar-refractivity contribution in [3.63, 3.8) is 0 Å². The summed E-state index contributed by atoms with van der Waals surface area (Å²) in [4.78, 5) is 0. The summed E-state index contributed by atoms with van der Waals surface area (Å²) < 4.78 is 43.9. The first-order valence-corrected chi connectivity index (χ1v) is 7.00.